The summed E-state index contributed by atoms with van der Waals surface area (Å²) in [5, 5.41) is 0. The fourth-order valence-corrected chi connectivity index (χ4v) is 4.21. The van der Waals surface area contributed by atoms with E-state index >= 15 is 0 Å². The summed E-state index contributed by atoms with van der Waals surface area (Å²) in [5.41, 5.74) is 1.23. The van der Waals surface area contributed by atoms with Gasteiger partial charge in [-0.25, -0.2) is 4.98 Å². The lowest BCUT2D eigenvalue weighted by atomic mass is 10.2. The van der Waals surface area contributed by atoms with Crippen LogP contribution >= 0.6 is 0 Å². The number of benzene rings is 1. The van der Waals surface area contributed by atoms with Gasteiger partial charge in [0, 0.05) is 51.5 Å². The third-order valence-corrected chi connectivity index (χ3v) is 5.95. The van der Waals surface area contributed by atoms with Crippen LogP contribution in [0.3, 0.4) is 0 Å². The number of carbonyl (C=O) groups excluding carboxylic acids is 3. The zero-order chi connectivity index (χ0) is 23.0. The van der Waals surface area contributed by atoms with E-state index in [9.17, 15) is 14.4 Å². The van der Waals surface area contributed by atoms with E-state index in [0.29, 0.717) is 39.1 Å². The Morgan fingerprint density at radius 1 is 1.03 bits per heavy atom. The highest BCUT2D eigenvalue weighted by Gasteiger charge is 2.32. The molecule has 9 heteroatoms. The van der Waals surface area contributed by atoms with Gasteiger partial charge in [0.15, 0.2) is 0 Å². The lowest BCUT2D eigenvalue weighted by molar-refractivity contribution is -0.131. The van der Waals surface area contributed by atoms with Crippen molar-refractivity contribution in [3.8, 4) is 0 Å². The maximum absolute atomic E-state index is 13.0. The first-order valence-corrected chi connectivity index (χ1v) is 11.4. The molecule has 0 radical (unpaired) electrons. The first-order valence-electron chi connectivity index (χ1n) is 11.4. The fourth-order valence-electron chi connectivity index (χ4n) is 4.21. The second-order valence-electron chi connectivity index (χ2n) is 8.37. The molecule has 174 valence electrons. The average Bonchev–Trinajstić information content (AvgIpc) is 3.18. The maximum atomic E-state index is 13.0. The highest BCUT2D eigenvalue weighted by molar-refractivity contribution is 5.95. The Morgan fingerprint density at radius 2 is 1.85 bits per heavy atom. The topological polar surface area (TPSA) is 95.9 Å². The van der Waals surface area contributed by atoms with E-state index in [-0.39, 0.29) is 42.6 Å². The Hall–Kier alpha value is -3.33. The van der Waals surface area contributed by atoms with E-state index in [1.165, 1.54) is 23.5 Å². The van der Waals surface area contributed by atoms with Gasteiger partial charge >= 0.3 is 0 Å². The Morgan fingerprint density at radius 3 is 2.58 bits per heavy atom. The van der Waals surface area contributed by atoms with Gasteiger partial charge in [-0.2, -0.15) is 0 Å². The molecular formula is C24H29N5O4. The normalized spacial score (nSPS) is 19.2. The molecule has 0 bridgehead atoms. The molecule has 4 rings (SSSR count). The number of amides is 3. The van der Waals surface area contributed by atoms with Crippen LogP contribution in [0.25, 0.3) is 0 Å². The van der Waals surface area contributed by atoms with Crippen LogP contribution in [0.1, 0.15) is 35.3 Å². The Balaban J connectivity index is 1.43. The van der Waals surface area contributed by atoms with Crippen LogP contribution in [0.15, 0.2) is 48.9 Å². The quantitative estimate of drug-likeness (QED) is 0.601. The summed E-state index contributed by atoms with van der Waals surface area (Å²) >= 11 is 0. The number of ether oxygens (including phenoxy) is 1. The van der Waals surface area contributed by atoms with Crippen LogP contribution in [0.2, 0.25) is 0 Å². The summed E-state index contributed by atoms with van der Waals surface area (Å²) in [4.78, 5) is 51.1. The number of rotatable bonds is 8. The number of likely N-dealkylation sites (tertiary alicyclic amines) is 1. The molecule has 1 atom stereocenters. The fraction of sp³-hybridized carbons (Fsp3) is 0.458. The van der Waals surface area contributed by atoms with Crippen molar-refractivity contribution in [3.05, 3.63) is 60.2 Å². The minimum Gasteiger partial charge on any atom is -0.370 e. The van der Waals surface area contributed by atoms with Crippen LogP contribution < -0.4 is 0 Å². The smallest absolute Gasteiger partial charge is 0.274 e. The summed E-state index contributed by atoms with van der Waals surface area (Å²) in [6.45, 7) is 2.97. The standard InChI is InChI=1S/C24H29N5O4/c30-22-8-4-11-27(22)12-5-13-28-15-20(33-18-19-6-2-1-3-7-19)16-29(17-23(28)31)24(32)21-14-25-9-10-26-21/h1-3,6-7,9-10,14,20H,4-5,8,11-13,15-18H2. The molecule has 2 saturated heterocycles. The molecule has 0 spiro atoms. The summed E-state index contributed by atoms with van der Waals surface area (Å²) in [5.74, 6) is -0.290. The summed E-state index contributed by atoms with van der Waals surface area (Å²) < 4.78 is 6.15. The molecule has 1 aromatic carbocycles. The molecule has 2 aliphatic heterocycles. The molecule has 9 nitrogen and oxygen atoms in total. The molecule has 1 aromatic heterocycles. The SMILES string of the molecule is O=C1CCCN1CCCN1CC(OCc2ccccc2)CN(C(=O)c2cnccn2)CC1=O. The zero-order valence-corrected chi connectivity index (χ0v) is 18.6. The van der Waals surface area contributed by atoms with Gasteiger partial charge in [-0.1, -0.05) is 30.3 Å². The van der Waals surface area contributed by atoms with E-state index in [0.717, 1.165) is 18.5 Å². The molecule has 1 unspecified atom stereocenters. The molecule has 2 aliphatic rings. The van der Waals surface area contributed by atoms with Gasteiger partial charge in [-0.3, -0.25) is 19.4 Å². The van der Waals surface area contributed by atoms with Crippen molar-refractivity contribution >= 4 is 17.7 Å². The van der Waals surface area contributed by atoms with Crippen LogP contribution in [0.5, 0.6) is 0 Å². The summed E-state index contributed by atoms with van der Waals surface area (Å²) in [6, 6.07) is 9.81. The van der Waals surface area contributed by atoms with Crippen LogP contribution in [-0.2, 0) is 20.9 Å². The number of hydrogen-bond donors (Lipinski definition) is 0. The maximum Gasteiger partial charge on any atom is 0.274 e. The highest BCUT2D eigenvalue weighted by Crippen LogP contribution is 2.15. The molecule has 3 amide bonds. The monoisotopic (exact) mass is 451 g/mol. The number of nitrogens with zero attached hydrogens (tertiary/aromatic N) is 5. The van der Waals surface area contributed by atoms with Crippen molar-refractivity contribution in [2.24, 2.45) is 0 Å². The van der Waals surface area contributed by atoms with Crippen LogP contribution in [0.4, 0.5) is 0 Å². The molecule has 2 fully saturated rings. The Bertz CT molecular complexity index is 956. The predicted molar refractivity (Wildman–Crippen MR) is 120 cm³/mol. The molecule has 0 N–H and O–H groups in total. The average molecular weight is 452 g/mol. The van der Waals surface area contributed by atoms with E-state index in [1.54, 1.807) is 4.90 Å². The molecule has 0 aliphatic carbocycles. The minimum absolute atomic E-state index is 0.0384. The molecule has 33 heavy (non-hydrogen) atoms. The van der Waals surface area contributed by atoms with Crippen molar-refractivity contribution in [1.82, 2.24) is 24.7 Å². The van der Waals surface area contributed by atoms with Gasteiger partial charge < -0.3 is 19.4 Å². The van der Waals surface area contributed by atoms with E-state index in [4.69, 9.17) is 4.74 Å². The van der Waals surface area contributed by atoms with Crippen LogP contribution in [-0.4, -0.2) is 87.8 Å². The van der Waals surface area contributed by atoms with Gasteiger partial charge in [-0.15, -0.1) is 0 Å². The van der Waals surface area contributed by atoms with E-state index in [2.05, 4.69) is 9.97 Å². The van der Waals surface area contributed by atoms with E-state index in [1.807, 2.05) is 35.2 Å². The van der Waals surface area contributed by atoms with Gasteiger partial charge in [-0.05, 0) is 18.4 Å². The first-order chi connectivity index (χ1) is 16.1. The van der Waals surface area contributed by atoms with Gasteiger partial charge in [0.2, 0.25) is 11.8 Å². The number of carbonyl (C=O) groups is 3. The molecule has 3 heterocycles. The second kappa shape index (κ2) is 11.0. The minimum atomic E-state index is -0.342. The third-order valence-electron chi connectivity index (χ3n) is 5.95. The van der Waals surface area contributed by atoms with Gasteiger partial charge in [0.1, 0.15) is 12.2 Å². The van der Waals surface area contributed by atoms with Crippen molar-refractivity contribution in [2.75, 3.05) is 39.3 Å². The first kappa shape index (κ1) is 22.8. The van der Waals surface area contributed by atoms with Crippen molar-refractivity contribution < 1.29 is 19.1 Å². The van der Waals surface area contributed by atoms with Gasteiger partial charge in [0.25, 0.3) is 5.91 Å². The summed E-state index contributed by atoms with van der Waals surface area (Å²) in [6.07, 6.45) is 6.23. The lowest BCUT2D eigenvalue weighted by Gasteiger charge is -2.25. The van der Waals surface area contributed by atoms with Gasteiger partial charge in [0.05, 0.1) is 18.9 Å². The lowest BCUT2D eigenvalue weighted by Crippen LogP contribution is -2.40. The number of hydrogen-bond acceptors (Lipinski definition) is 6. The van der Waals surface area contributed by atoms with Crippen molar-refractivity contribution in [3.63, 3.8) is 0 Å². The Kier molecular flexibility index (Phi) is 7.62. The molecule has 2 aromatic rings. The van der Waals surface area contributed by atoms with Crippen LogP contribution in [0, 0.1) is 0 Å². The highest BCUT2D eigenvalue weighted by atomic mass is 16.5. The number of aromatic nitrogens is 2. The largest absolute Gasteiger partial charge is 0.370 e. The van der Waals surface area contributed by atoms with E-state index < -0.39 is 0 Å². The third kappa shape index (κ3) is 6.13. The Labute approximate surface area is 193 Å². The van der Waals surface area contributed by atoms with Crippen molar-refractivity contribution in [2.45, 2.75) is 32.0 Å². The zero-order valence-electron chi connectivity index (χ0n) is 18.6. The van der Waals surface area contributed by atoms with Crippen molar-refractivity contribution in [1.29, 1.82) is 0 Å². The second-order valence-corrected chi connectivity index (χ2v) is 8.37. The summed E-state index contributed by atoms with van der Waals surface area (Å²) in [7, 11) is 0. The molecule has 0 saturated carbocycles. The molecular weight excluding hydrogens is 422 g/mol. The predicted octanol–water partition coefficient (Wildman–Crippen LogP) is 1.36.